The monoisotopic (exact) mass is 569 g/mol. The van der Waals surface area contributed by atoms with Crippen LogP contribution in [-0.2, 0) is 0 Å². The Hall–Kier alpha value is -3.13. The van der Waals surface area contributed by atoms with Gasteiger partial charge in [0.2, 0.25) is 5.95 Å². The number of aliphatic hydroxyl groups is 1. The van der Waals surface area contributed by atoms with Crippen LogP contribution >= 0.6 is 11.8 Å². The minimum Gasteiger partial charge on any atom is -0.388 e. The summed E-state index contributed by atoms with van der Waals surface area (Å²) < 4.78 is 0. The fourth-order valence-corrected chi connectivity index (χ4v) is 6.68. The molecule has 0 spiro atoms. The molecule has 7 heteroatoms. The van der Waals surface area contributed by atoms with E-state index in [9.17, 15) is 5.11 Å². The maximum Gasteiger partial charge on any atom is 0.225 e. The lowest BCUT2D eigenvalue weighted by Crippen LogP contribution is -2.40. The van der Waals surface area contributed by atoms with Gasteiger partial charge < -0.3 is 20.6 Å². The molecule has 0 aliphatic heterocycles. The average Bonchev–Trinajstić information content (AvgIpc) is 2.97. The van der Waals surface area contributed by atoms with E-state index in [0.717, 1.165) is 54.5 Å². The van der Waals surface area contributed by atoms with E-state index in [2.05, 4.69) is 90.0 Å². The van der Waals surface area contributed by atoms with Gasteiger partial charge in [0, 0.05) is 48.3 Å². The summed E-state index contributed by atoms with van der Waals surface area (Å²) in [6.45, 7) is 5.06. The normalized spacial score (nSPS) is 18.7. The average molecular weight is 570 g/mol. The SMILES string of the molecule is Cc1ccc(SC(CN[C@H]2CC[C@@H](Nc3nc(N(C)C)c4ccccc4n3)CC2)CC(O)c2ccc(C)cc2)cc1. The molecule has 0 bridgehead atoms. The van der Waals surface area contributed by atoms with Crippen molar-refractivity contribution in [1.82, 2.24) is 15.3 Å². The Morgan fingerprint density at radius 3 is 2.17 bits per heavy atom. The second kappa shape index (κ2) is 13.7. The molecule has 0 saturated heterocycles. The van der Waals surface area contributed by atoms with Gasteiger partial charge in [0.25, 0.3) is 0 Å². The van der Waals surface area contributed by atoms with Gasteiger partial charge in [-0.15, -0.1) is 11.8 Å². The Morgan fingerprint density at radius 1 is 0.854 bits per heavy atom. The van der Waals surface area contributed by atoms with Gasteiger partial charge in [-0.25, -0.2) is 4.98 Å². The minimum atomic E-state index is -0.478. The van der Waals surface area contributed by atoms with Gasteiger partial charge in [-0.05, 0) is 75.8 Å². The van der Waals surface area contributed by atoms with Crippen LogP contribution in [0.25, 0.3) is 10.9 Å². The van der Waals surface area contributed by atoms with Crippen molar-refractivity contribution in [3.05, 3.63) is 89.5 Å². The van der Waals surface area contributed by atoms with Crippen molar-refractivity contribution in [2.45, 2.75) is 74.3 Å². The highest BCUT2D eigenvalue weighted by Crippen LogP contribution is 2.31. The Balaban J connectivity index is 1.17. The van der Waals surface area contributed by atoms with E-state index >= 15 is 0 Å². The number of nitrogens with zero attached hydrogens (tertiary/aromatic N) is 3. The molecule has 216 valence electrons. The van der Waals surface area contributed by atoms with E-state index in [1.54, 1.807) is 0 Å². The van der Waals surface area contributed by atoms with Crippen LogP contribution in [0.15, 0.2) is 77.7 Å². The number of aliphatic hydroxyl groups excluding tert-OH is 1. The molecule has 1 fully saturated rings. The lowest BCUT2D eigenvalue weighted by molar-refractivity contribution is 0.165. The van der Waals surface area contributed by atoms with Gasteiger partial charge in [-0.3, -0.25) is 0 Å². The predicted octanol–water partition coefficient (Wildman–Crippen LogP) is 6.91. The van der Waals surface area contributed by atoms with Gasteiger partial charge in [0.15, 0.2) is 0 Å². The van der Waals surface area contributed by atoms with E-state index in [4.69, 9.17) is 9.97 Å². The van der Waals surface area contributed by atoms with Gasteiger partial charge in [-0.2, -0.15) is 4.98 Å². The van der Waals surface area contributed by atoms with E-state index in [0.29, 0.717) is 24.5 Å². The lowest BCUT2D eigenvalue weighted by atomic mass is 9.91. The third-order valence-corrected chi connectivity index (χ3v) is 9.21. The molecule has 6 nitrogen and oxygen atoms in total. The minimum absolute atomic E-state index is 0.264. The predicted molar refractivity (Wildman–Crippen MR) is 173 cm³/mol. The van der Waals surface area contributed by atoms with Crippen molar-refractivity contribution >= 4 is 34.4 Å². The topological polar surface area (TPSA) is 73.3 Å². The van der Waals surface area contributed by atoms with Crippen LogP contribution in [0.4, 0.5) is 11.8 Å². The van der Waals surface area contributed by atoms with Crippen molar-refractivity contribution in [2.75, 3.05) is 30.9 Å². The molecule has 41 heavy (non-hydrogen) atoms. The number of para-hydroxylation sites is 1. The second-order valence-electron chi connectivity index (χ2n) is 11.6. The first-order chi connectivity index (χ1) is 19.8. The maximum atomic E-state index is 11.1. The molecular formula is C34H43N5OS. The highest BCUT2D eigenvalue weighted by Gasteiger charge is 2.24. The highest BCUT2D eigenvalue weighted by atomic mass is 32.2. The van der Waals surface area contributed by atoms with Crippen LogP contribution in [0, 0.1) is 13.8 Å². The van der Waals surface area contributed by atoms with Crippen LogP contribution in [0.3, 0.4) is 0 Å². The van der Waals surface area contributed by atoms with E-state index < -0.39 is 6.10 Å². The summed E-state index contributed by atoms with van der Waals surface area (Å²) in [5, 5.41) is 19.9. The summed E-state index contributed by atoms with van der Waals surface area (Å²) in [7, 11) is 4.05. The lowest BCUT2D eigenvalue weighted by Gasteiger charge is -2.31. The zero-order chi connectivity index (χ0) is 28.8. The number of anilines is 2. The summed E-state index contributed by atoms with van der Waals surface area (Å²) >= 11 is 1.86. The third kappa shape index (κ3) is 8.00. The number of fused-ring (bicyclic) bond motifs is 1. The largest absolute Gasteiger partial charge is 0.388 e. The number of hydrogen-bond donors (Lipinski definition) is 3. The molecule has 1 aliphatic rings. The first-order valence-electron chi connectivity index (χ1n) is 14.8. The van der Waals surface area contributed by atoms with Crippen LogP contribution in [-0.4, -0.2) is 53.0 Å². The molecule has 3 aromatic carbocycles. The first-order valence-corrected chi connectivity index (χ1v) is 15.6. The number of benzene rings is 3. The summed E-state index contributed by atoms with van der Waals surface area (Å²) in [5.41, 5.74) is 4.43. The molecule has 1 saturated carbocycles. The number of nitrogens with one attached hydrogen (secondary N) is 2. The molecule has 2 atom stereocenters. The van der Waals surface area contributed by atoms with Gasteiger partial charge in [0.05, 0.1) is 11.6 Å². The number of thioether (sulfide) groups is 1. The van der Waals surface area contributed by atoms with Crippen molar-refractivity contribution < 1.29 is 5.11 Å². The third-order valence-electron chi connectivity index (χ3n) is 7.97. The van der Waals surface area contributed by atoms with Gasteiger partial charge >= 0.3 is 0 Å². The van der Waals surface area contributed by atoms with Crippen molar-refractivity contribution in [1.29, 1.82) is 0 Å². The molecule has 0 radical (unpaired) electrons. The molecule has 0 amide bonds. The summed E-state index contributed by atoms with van der Waals surface area (Å²) in [6, 6.07) is 26.0. The van der Waals surface area contributed by atoms with Crippen molar-refractivity contribution in [3.63, 3.8) is 0 Å². The molecular weight excluding hydrogens is 526 g/mol. The second-order valence-corrected chi connectivity index (χ2v) is 13.0. The molecule has 4 aromatic rings. The summed E-state index contributed by atoms with van der Waals surface area (Å²) in [6.07, 6.45) is 4.59. The van der Waals surface area contributed by atoms with Crippen molar-refractivity contribution in [3.8, 4) is 0 Å². The Morgan fingerprint density at radius 2 is 1.49 bits per heavy atom. The maximum absolute atomic E-state index is 11.1. The van der Waals surface area contributed by atoms with Gasteiger partial charge in [-0.1, -0.05) is 59.7 Å². The van der Waals surface area contributed by atoms with E-state index in [1.165, 1.54) is 16.0 Å². The molecule has 2 unspecified atom stereocenters. The molecule has 1 heterocycles. The fourth-order valence-electron chi connectivity index (χ4n) is 5.54. The Kier molecular flexibility index (Phi) is 9.80. The molecule has 1 aromatic heterocycles. The Bertz CT molecular complexity index is 1400. The zero-order valence-corrected chi connectivity index (χ0v) is 25.5. The highest BCUT2D eigenvalue weighted by molar-refractivity contribution is 8.00. The first kappa shape index (κ1) is 29.4. The number of rotatable bonds is 11. The standard InChI is InChI=1S/C34H43N5OS/c1-23-9-13-25(14-10-23)32(40)21-29(41-28-19-11-24(2)12-20-28)22-35-26-15-17-27(18-16-26)36-34-37-31-8-6-5-7-30(31)33(38-34)39(3)4/h5-14,19-20,26-27,29,32,35,40H,15-18,21-22H2,1-4H3,(H,36,37,38)/t26-,27+,29?,32?. The van der Waals surface area contributed by atoms with Crippen LogP contribution in [0.5, 0.6) is 0 Å². The quantitative estimate of drug-likeness (QED) is 0.170. The van der Waals surface area contributed by atoms with E-state index in [1.807, 2.05) is 38.0 Å². The number of hydrogen-bond acceptors (Lipinski definition) is 7. The number of aromatic nitrogens is 2. The van der Waals surface area contributed by atoms with E-state index in [-0.39, 0.29) is 5.25 Å². The van der Waals surface area contributed by atoms with Crippen LogP contribution in [0.1, 0.15) is 54.9 Å². The molecule has 1 aliphatic carbocycles. The summed E-state index contributed by atoms with van der Waals surface area (Å²) in [4.78, 5) is 12.9. The van der Waals surface area contributed by atoms with Gasteiger partial charge in [0.1, 0.15) is 5.82 Å². The molecule has 3 N–H and O–H groups in total. The molecule has 5 rings (SSSR count). The van der Waals surface area contributed by atoms with Crippen LogP contribution < -0.4 is 15.5 Å². The summed E-state index contributed by atoms with van der Waals surface area (Å²) in [5.74, 6) is 1.65. The zero-order valence-electron chi connectivity index (χ0n) is 24.7. The smallest absolute Gasteiger partial charge is 0.225 e. The fraction of sp³-hybridized carbons (Fsp3) is 0.412. The number of aryl methyl sites for hydroxylation is 2. The van der Waals surface area contributed by atoms with Crippen LogP contribution in [0.2, 0.25) is 0 Å². The van der Waals surface area contributed by atoms with Crippen molar-refractivity contribution in [2.24, 2.45) is 0 Å². The Labute approximate surface area is 249 Å².